The quantitative estimate of drug-likeness (QED) is 0.795. The molecule has 0 radical (unpaired) electrons. The first-order valence-corrected chi connectivity index (χ1v) is 5.66. The summed E-state index contributed by atoms with van der Waals surface area (Å²) in [5, 5.41) is 9.12. The normalized spacial score (nSPS) is 29.2. The van der Waals surface area contributed by atoms with Gasteiger partial charge in [-0.05, 0) is 31.9 Å². The number of halogens is 1. The van der Waals surface area contributed by atoms with Crippen LogP contribution in [0.15, 0.2) is 11.1 Å². The van der Waals surface area contributed by atoms with E-state index >= 15 is 0 Å². The maximum Gasteiger partial charge on any atom is 0.320 e. The van der Waals surface area contributed by atoms with E-state index in [1.54, 1.807) is 11.8 Å². The fourth-order valence-corrected chi connectivity index (χ4v) is 3.07. The summed E-state index contributed by atoms with van der Waals surface area (Å²) in [4.78, 5) is 11.1. The molecule has 1 N–H and O–H groups in total. The van der Waals surface area contributed by atoms with E-state index in [4.69, 9.17) is 16.7 Å². The second kappa shape index (κ2) is 4.38. The van der Waals surface area contributed by atoms with E-state index in [9.17, 15) is 4.79 Å². The van der Waals surface area contributed by atoms with Crippen LogP contribution < -0.4 is 0 Å². The van der Waals surface area contributed by atoms with Gasteiger partial charge >= 0.3 is 5.97 Å². The zero-order valence-electron chi connectivity index (χ0n) is 7.55. The number of rotatable bonds is 3. The highest BCUT2D eigenvalue weighted by Crippen LogP contribution is 2.42. The van der Waals surface area contributed by atoms with Gasteiger partial charge in [0.15, 0.2) is 0 Å². The first-order chi connectivity index (χ1) is 6.10. The Bertz CT molecular complexity index is 232. The Hall–Kier alpha value is -0.150. The minimum atomic E-state index is -0.701. The SMILES string of the molecule is C/C(=C\Cl)CC1(C(=O)O)CCCS1. The molecule has 1 saturated heterocycles. The molecule has 0 amide bonds. The van der Waals surface area contributed by atoms with Gasteiger partial charge in [-0.3, -0.25) is 4.79 Å². The van der Waals surface area contributed by atoms with Crippen molar-refractivity contribution in [2.45, 2.75) is 30.9 Å². The summed E-state index contributed by atoms with van der Waals surface area (Å²) in [5.74, 6) is 0.245. The average molecular weight is 221 g/mol. The first-order valence-electron chi connectivity index (χ1n) is 4.24. The zero-order chi connectivity index (χ0) is 9.90. The highest BCUT2D eigenvalue weighted by molar-refractivity contribution is 8.01. The molecule has 0 aromatic carbocycles. The molecular weight excluding hydrogens is 208 g/mol. The van der Waals surface area contributed by atoms with Gasteiger partial charge in [0.1, 0.15) is 4.75 Å². The van der Waals surface area contributed by atoms with Crippen molar-refractivity contribution in [2.75, 3.05) is 5.75 Å². The molecule has 74 valence electrons. The Balaban J connectivity index is 2.74. The van der Waals surface area contributed by atoms with E-state index in [0.717, 1.165) is 24.2 Å². The van der Waals surface area contributed by atoms with Gasteiger partial charge < -0.3 is 5.11 Å². The number of aliphatic carboxylic acids is 1. The summed E-state index contributed by atoms with van der Waals surface area (Å²) in [6.45, 7) is 1.87. The molecule has 1 aliphatic heterocycles. The van der Waals surface area contributed by atoms with Crippen molar-refractivity contribution >= 4 is 29.3 Å². The van der Waals surface area contributed by atoms with Crippen LogP contribution in [-0.4, -0.2) is 21.6 Å². The Morgan fingerprint density at radius 3 is 2.85 bits per heavy atom. The van der Waals surface area contributed by atoms with Gasteiger partial charge in [0.05, 0.1) is 0 Å². The van der Waals surface area contributed by atoms with E-state index in [1.165, 1.54) is 5.54 Å². The minimum absolute atomic E-state index is 0.566. The third-order valence-corrected chi connectivity index (χ3v) is 4.18. The van der Waals surface area contributed by atoms with Gasteiger partial charge in [0.25, 0.3) is 0 Å². The Morgan fingerprint density at radius 1 is 1.77 bits per heavy atom. The Morgan fingerprint density at radius 2 is 2.46 bits per heavy atom. The highest BCUT2D eigenvalue weighted by Gasteiger charge is 2.42. The summed E-state index contributed by atoms with van der Waals surface area (Å²) in [6.07, 6.45) is 2.32. The Labute approximate surface area is 87.3 Å². The molecule has 0 spiro atoms. The predicted molar refractivity (Wildman–Crippen MR) is 56.3 cm³/mol. The number of carboxylic acids is 1. The van der Waals surface area contributed by atoms with Gasteiger partial charge in [0.2, 0.25) is 0 Å². The van der Waals surface area contributed by atoms with Crippen LogP contribution in [0.25, 0.3) is 0 Å². The van der Waals surface area contributed by atoms with Crippen molar-refractivity contribution in [3.63, 3.8) is 0 Å². The fourth-order valence-electron chi connectivity index (χ4n) is 1.57. The molecule has 0 saturated carbocycles. The third kappa shape index (κ3) is 2.41. The first kappa shape index (κ1) is 10.9. The summed E-state index contributed by atoms with van der Waals surface area (Å²) < 4.78 is -0.602. The highest BCUT2D eigenvalue weighted by atomic mass is 35.5. The predicted octanol–water partition coefficient (Wildman–Crippen LogP) is 2.87. The van der Waals surface area contributed by atoms with E-state index in [2.05, 4.69) is 0 Å². The summed E-state index contributed by atoms with van der Waals surface area (Å²) in [5.41, 5.74) is 2.42. The smallest absolute Gasteiger partial charge is 0.320 e. The minimum Gasteiger partial charge on any atom is -0.480 e. The van der Waals surface area contributed by atoms with Crippen molar-refractivity contribution in [3.8, 4) is 0 Å². The average Bonchev–Trinajstić information content (AvgIpc) is 2.54. The molecule has 4 heteroatoms. The third-order valence-electron chi connectivity index (χ3n) is 2.24. The molecule has 1 unspecified atom stereocenters. The molecule has 1 fully saturated rings. The zero-order valence-corrected chi connectivity index (χ0v) is 9.12. The number of thioether (sulfide) groups is 1. The van der Waals surface area contributed by atoms with Crippen LogP contribution in [0.5, 0.6) is 0 Å². The van der Waals surface area contributed by atoms with Gasteiger partial charge in [-0.25, -0.2) is 0 Å². The second-order valence-corrected chi connectivity index (χ2v) is 5.08. The van der Waals surface area contributed by atoms with Crippen LogP contribution in [-0.2, 0) is 4.79 Å². The lowest BCUT2D eigenvalue weighted by Crippen LogP contribution is -2.32. The summed E-state index contributed by atoms with van der Waals surface area (Å²) in [7, 11) is 0. The van der Waals surface area contributed by atoms with Gasteiger partial charge in [0, 0.05) is 5.54 Å². The molecule has 2 nitrogen and oxygen atoms in total. The molecular formula is C9H13ClO2S. The van der Waals surface area contributed by atoms with Crippen LogP contribution >= 0.6 is 23.4 Å². The van der Waals surface area contributed by atoms with Gasteiger partial charge in [-0.15, -0.1) is 11.8 Å². The standard InChI is InChI=1S/C9H13ClO2S/c1-7(6-10)5-9(8(11)12)3-2-4-13-9/h6H,2-5H2,1H3,(H,11,12)/b7-6+. The summed E-state index contributed by atoms with van der Waals surface area (Å²) in [6, 6.07) is 0. The van der Waals surface area contributed by atoms with Gasteiger partial charge in [-0.2, -0.15) is 0 Å². The topological polar surface area (TPSA) is 37.3 Å². The molecule has 0 aromatic rings. The number of allylic oxidation sites excluding steroid dienone is 1. The molecule has 1 aliphatic rings. The van der Waals surface area contributed by atoms with Crippen LogP contribution in [0, 0.1) is 0 Å². The monoisotopic (exact) mass is 220 g/mol. The van der Waals surface area contributed by atoms with E-state index in [0.29, 0.717) is 6.42 Å². The molecule has 1 heterocycles. The maximum atomic E-state index is 11.1. The van der Waals surface area contributed by atoms with Crippen LogP contribution in [0.4, 0.5) is 0 Å². The second-order valence-electron chi connectivity index (χ2n) is 3.38. The lowest BCUT2D eigenvalue weighted by atomic mass is 9.96. The number of carboxylic acid groups (broad SMARTS) is 1. The van der Waals surface area contributed by atoms with Crippen molar-refractivity contribution < 1.29 is 9.90 Å². The fraction of sp³-hybridized carbons (Fsp3) is 0.667. The van der Waals surface area contributed by atoms with Crippen LogP contribution in [0.1, 0.15) is 26.2 Å². The Kier molecular flexibility index (Phi) is 3.68. The van der Waals surface area contributed by atoms with Crippen LogP contribution in [0.2, 0.25) is 0 Å². The van der Waals surface area contributed by atoms with Crippen molar-refractivity contribution in [3.05, 3.63) is 11.1 Å². The summed E-state index contributed by atoms with van der Waals surface area (Å²) >= 11 is 7.08. The molecule has 0 aromatic heterocycles. The largest absolute Gasteiger partial charge is 0.480 e. The number of hydrogen-bond acceptors (Lipinski definition) is 2. The number of hydrogen-bond donors (Lipinski definition) is 1. The van der Waals surface area contributed by atoms with Crippen molar-refractivity contribution in [1.82, 2.24) is 0 Å². The van der Waals surface area contributed by atoms with Gasteiger partial charge in [-0.1, -0.05) is 17.2 Å². The van der Waals surface area contributed by atoms with Crippen LogP contribution in [0.3, 0.4) is 0 Å². The van der Waals surface area contributed by atoms with Crippen molar-refractivity contribution in [2.24, 2.45) is 0 Å². The molecule has 0 aliphatic carbocycles. The van der Waals surface area contributed by atoms with E-state index < -0.39 is 10.7 Å². The van der Waals surface area contributed by atoms with E-state index in [1.807, 2.05) is 6.92 Å². The van der Waals surface area contributed by atoms with Crippen molar-refractivity contribution in [1.29, 1.82) is 0 Å². The lowest BCUT2D eigenvalue weighted by molar-refractivity contribution is -0.139. The maximum absolute atomic E-state index is 11.1. The molecule has 1 atom stereocenters. The lowest BCUT2D eigenvalue weighted by Gasteiger charge is -2.22. The molecule has 1 rings (SSSR count). The molecule has 0 bridgehead atoms. The molecule has 13 heavy (non-hydrogen) atoms. The van der Waals surface area contributed by atoms with E-state index in [-0.39, 0.29) is 0 Å². The number of carbonyl (C=O) groups is 1.